The molecule has 4 nitrogen and oxygen atoms in total. The summed E-state index contributed by atoms with van der Waals surface area (Å²) in [7, 11) is 0. The normalized spacial score (nSPS) is 15.4. The molecular formula is C15H21NO3. The number of benzene rings is 1. The lowest BCUT2D eigenvalue weighted by atomic mass is 9.94. The van der Waals surface area contributed by atoms with Crippen molar-refractivity contribution in [2.24, 2.45) is 5.92 Å². The number of hydrogen-bond donors (Lipinski definition) is 1. The average Bonchev–Trinajstić information content (AvgIpc) is 2.43. The quantitative estimate of drug-likeness (QED) is 0.828. The highest BCUT2D eigenvalue weighted by Crippen LogP contribution is 2.31. The van der Waals surface area contributed by atoms with Gasteiger partial charge in [-0.05, 0) is 30.7 Å². The first-order valence-electron chi connectivity index (χ1n) is 6.80. The third-order valence-corrected chi connectivity index (χ3v) is 3.20. The minimum Gasteiger partial charge on any atom is -0.486 e. The lowest BCUT2D eigenvalue weighted by Gasteiger charge is -2.22. The number of nitrogens with one attached hydrogen (secondary N) is 1. The number of likely N-dealkylation sites (N-methyl/N-ethyl adjacent to an activating group) is 1. The van der Waals surface area contributed by atoms with Crippen LogP contribution in [0, 0.1) is 5.92 Å². The lowest BCUT2D eigenvalue weighted by molar-refractivity contribution is 0.0917. The highest BCUT2D eigenvalue weighted by molar-refractivity contribution is 6.00. The number of ether oxygens (including phenoxy) is 2. The molecule has 0 spiro atoms. The van der Waals surface area contributed by atoms with Crippen molar-refractivity contribution in [3.63, 3.8) is 0 Å². The molecule has 1 heterocycles. The van der Waals surface area contributed by atoms with Crippen LogP contribution in [-0.4, -0.2) is 31.6 Å². The second kappa shape index (κ2) is 6.06. The summed E-state index contributed by atoms with van der Waals surface area (Å²) in [6.07, 6.45) is 0. The summed E-state index contributed by atoms with van der Waals surface area (Å²) in [5, 5.41) is 3.24. The first-order valence-corrected chi connectivity index (χ1v) is 6.80. The Kier molecular flexibility index (Phi) is 4.43. The van der Waals surface area contributed by atoms with Crippen LogP contribution >= 0.6 is 0 Å². The summed E-state index contributed by atoms with van der Waals surface area (Å²) in [6, 6.07) is 5.24. The Morgan fingerprint density at radius 2 is 1.95 bits per heavy atom. The molecule has 0 saturated carbocycles. The number of carbonyl (C=O) groups excluding carboxylic acids is 1. The van der Waals surface area contributed by atoms with Gasteiger partial charge in [0, 0.05) is 5.56 Å². The highest BCUT2D eigenvalue weighted by atomic mass is 16.6. The summed E-state index contributed by atoms with van der Waals surface area (Å²) < 4.78 is 11.0. The zero-order valence-electron chi connectivity index (χ0n) is 11.7. The molecule has 1 unspecified atom stereocenters. The summed E-state index contributed by atoms with van der Waals surface area (Å²) in [6.45, 7) is 7.97. The molecule has 0 amide bonds. The summed E-state index contributed by atoms with van der Waals surface area (Å²) in [4.78, 5) is 12.5. The smallest absolute Gasteiger partial charge is 0.180 e. The van der Waals surface area contributed by atoms with E-state index in [4.69, 9.17) is 9.47 Å². The molecule has 104 valence electrons. The van der Waals surface area contributed by atoms with Gasteiger partial charge in [0.2, 0.25) is 0 Å². The van der Waals surface area contributed by atoms with Gasteiger partial charge in [0.25, 0.3) is 0 Å². The molecule has 1 aliphatic rings. The van der Waals surface area contributed by atoms with Gasteiger partial charge < -0.3 is 14.8 Å². The number of fused-ring (bicyclic) bond motifs is 1. The molecule has 0 aromatic heterocycles. The Bertz CT molecular complexity index is 457. The molecule has 1 aliphatic heterocycles. The third-order valence-electron chi connectivity index (χ3n) is 3.20. The maximum atomic E-state index is 12.5. The van der Waals surface area contributed by atoms with Gasteiger partial charge in [-0.1, -0.05) is 20.8 Å². The Balaban J connectivity index is 2.22. The molecule has 1 aromatic carbocycles. The number of carbonyl (C=O) groups is 1. The van der Waals surface area contributed by atoms with Gasteiger partial charge in [-0.25, -0.2) is 0 Å². The van der Waals surface area contributed by atoms with Crippen LogP contribution in [0.5, 0.6) is 11.5 Å². The average molecular weight is 263 g/mol. The van der Waals surface area contributed by atoms with E-state index in [2.05, 4.69) is 5.32 Å². The zero-order valence-corrected chi connectivity index (χ0v) is 11.7. The highest BCUT2D eigenvalue weighted by Gasteiger charge is 2.24. The van der Waals surface area contributed by atoms with Gasteiger partial charge in [0.05, 0.1) is 6.04 Å². The molecule has 1 N–H and O–H groups in total. The van der Waals surface area contributed by atoms with Gasteiger partial charge >= 0.3 is 0 Å². The van der Waals surface area contributed by atoms with Crippen molar-refractivity contribution in [1.82, 2.24) is 5.32 Å². The van der Waals surface area contributed by atoms with E-state index >= 15 is 0 Å². The van der Waals surface area contributed by atoms with Crippen molar-refractivity contribution in [3.8, 4) is 11.5 Å². The molecular weight excluding hydrogens is 242 g/mol. The van der Waals surface area contributed by atoms with Crippen molar-refractivity contribution in [2.75, 3.05) is 19.8 Å². The Labute approximate surface area is 114 Å². The van der Waals surface area contributed by atoms with Crippen LogP contribution in [0.15, 0.2) is 18.2 Å². The standard InChI is InChI=1S/C15H21NO3/c1-4-16-14(10(2)3)15(17)11-5-6-12-13(9-11)19-8-7-18-12/h5-6,9-10,14,16H,4,7-8H2,1-3H3. The largest absolute Gasteiger partial charge is 0.486 e. The SMILES string of the molecule is CCNC(C(=O)c1ccc2c(c1)OCCO2)C(C)C. The molecule has 1 aromatic rings. The van der Waals surface area contributed by atoms with E-state index in [1.54, 1.807) is 6.07 Å². The minimum absolute atomic E-state index is 0.105. The molecule has 2 rings (SSSR count). The van der Waals surface area contributed by atoms with Gasteiger partial charge in [0.15, 0.2) is 17.3 Å². The molecule has 0 aliphatic carbocycles. The van der Waals surface area contributed by atoms with E-state index in [9.17, 15) is 4.79 Å². The van der Waals surface area contributed by atoms with Gasteiger partial charge in [-0.3, -0.25) is 4.79 Å². The molecule has 1 atom stereocenters. The Morgan fingerprint density at radius 3 is 2.58 bits per heavy atom. The monoisotopic (exact) mass is 263 g/mol. The molecule has 0 bridgehead atoms. The predicted octanol–water partition coefficient (Wildman–Crippen LogP) is 2.27. The second-order valence-electron chi connectivity index (χ2n) is 5.00. The van der Waals surface area contributed by atoms with E-state index in [1.165, 1.54) is 0 Å². The van der Waals surface area contributed by atoms with Crippen LogP contribution in [0.2, 0.25) is 0 Å². The fourth-order valence-electron chi connectivity index (χ4n) is 2.23. The first-order chi connectivity index (χ1) is 9.13. The van der Waals surface area contributed by atoms with Gasteiger partial charge in [-0.15, -0.1) is 0 Å². The van der Waals surface area contributed by atoms with Gasteiger partial charge in [-0.2, -0.15) is 0 Å². The Morgan fingerprint density at radius 1 is 1.26 bits per heavy atom. The molecule has 0 radical (unpaired) electrons. The van der Waals surface area contributed by atoms with Crippen molar-refractivity contribution in [2.45, 2.75) is 26.8 Å². The minimum atomic E-state index is -0.160. The number of Topliss-reactive ketones (excluding diaryl/α,β-unsaturated/α-hetero) is 1. The van der Waals surface area contributed by atoms with Crippen LogP contribution in [0.3, 0.4) is 0 Å². The van der Waals surface area contributed by atoms with Crippen LogP contribution in [-0.2, 0) is 0 Å². The van der Waals surface area contributed by atoms with Gasteiger partial charge in [0.1, 0.15) is 13.2 Å². The maximum absolute atomic E-state index is 12.5. The lowest BCUT2D eigenvalue weighted by Crippen LogP contribution is -2.40. The van der Waals surface area contributed by atoms with E-state index in [-0.39, 0.29) is 17.7 Å². The zero-order chi connectivity index (χ0) is 13.8. The van der Waals surface area contributed by atoms with E-state index in [0.717, 1.165) is 6.54 Å². The topological polar surface area (TPSA) is 47.6 Å². The predicted molar refractivity (Wildman–Crippen MR) is 74.1 cm³/mol. The summed E-state index contributed by atoms with van der Waals surface area (Å²) in [5.41, 5.74) is 0.670. The van der Waals surface area contributed by atoms with Crippen molar-refractivity contribution >= 4 is 5.78 Å². The molecule has 4 heteroatoms. The fourth-order valence-corrected chi connectivity index (χ4v) is 2.23. The van der Waals surface area contributed by atoms with Crippen molar-refractivity contribution < 1.29 is 14.3 Å². The number of hydrogen-bond acceptors (Lipinski definition) is 4. The van der Waals surface area contributed by atoms with Crippen molar-refractivity contribution in [1.29, 1.82) is 0 Å². The third kappa shape index (κ3) is 3.07. The van der Waals surface area contributed by atoms with Crippen LogP contribution in [0.4, 0.5) is 0 Å². The van der Waals surface area contributed by atoms with Crippen molar-refractivity contribution in [3.05, 3.63) is 23.8 Å². The van der Waals surface area contributed by atoms with E-state index in [1.807, 2.05) is 32.9 Å². The second-order valence-corrected chi connectivity index (χ2v) is 5.00. The summed E-state index contributed by atoms with van der Waals surface area (Å²) >= 11 is 0. The molecule has 19 heavy (non-hydrogen) atoms. The number of rotatable bonds is 5. The summed E-state index contributed by atoms with van der Waals surface area (Å²) in [5.74, 6) is 1.73. The first kappa shape index (κ1) is 13.9. The van der Waals surface area contributed by atoms with Crippen LogP contribution in [0.25, 0.3) is 0 Å². The van der Waals surface area contributed by atoms with E-state index in [0.29, 0.717) is 30.3 Å². The Hall–Kier alpha value is -1.55. The number of ketones is 1. The van der Waals surface area contributed by atoms with Crippen LogP contribution in [0.1, 0.15) is 31.1 Å². The molecule has 0 saturated heterocycles. The maximum Gasteiger partial charge on any atom is 0.180 e. The van der Waals surface area contributed by atoms with E-state index < -0.39 is 0 Å². The molecule has 0 fully saturated rings. The van der Waals surface area contributed by atoms with Crippen LogP contribution < -0.4 is 14.8 Å². The fraction of sp³-hybridized carbons (Fsp3) is 0.533.